The zero-order chi connectivity index (χ0) is 19.8. The van der Waals surface area contributed by atoms with E-state index >= 15 is 0 Å². The summed E-state index contributed by atoms with van der Waals surface area (Å²) in [4.78, 5) is 31.5. The molecule has 1 aliphatic rings. The Morgan fingerprint density at radius 2 is 1.93 bits per heavy atom. The molecule has 3 rings (SSSR count). The van der Waals surface area contributed by atoms with E-state index in [0.29, 0.717) is 31.1 Å². The van der Waals surface area contributed by atoms with Crippen molar-refractivity contribution < 1.29 is 4.79 Å². The van der Waals surface area contributed by atoms with Crippen molar-refractivity contribution in [1.29, 1.82) is 0 Å². The Balaban J connectivity index is 1.62. The molecule has 27 heavy (non-hydrogen) atoms. The number of carbonyl (C=O) groups excluding carboxylic acids is 1. The van der Waals surface area contributed by atoms with Gasteiger partial charge in [0.25, 0.3) is 11.5 Å². The minimum atomic E-state index is -0.132. The van der Waals surface area contributed by atoms with E-state index in [0.717, 1.165) is 29.9 Å². The van der Waals surface area contributed by atoms with Crippen LogP contribution < -0.4 is 5.56 Å². The Morgan fingerprint density at radius 1 is 1.26 bits per heavy atom. The van der Waals surface area contributed by atoms with Gasteiger partial charge in [-0.1, -0.05) is 20.8 Å². The number of nitrogens with one attached hydrogen (secondary N) is 1. The van der Waals surface area contributed by atoms with Crippen molar-refractivity contribution in [1.82, 2.24) is 24.6 Å². The lowest BCUT2D eigenvalue weighted by Crippen LogP contribution is -2.40. The molecule has 0 spiro atoms. The van der Waals surface area contributed by atoms with E-state index in [1.165, 1.54) is 0 Å². The number of amides is 1. The molecule has 1 saturated heterocycles. The van der Waals surface area contributed by atoms with Crippen LogP contribution >= 0.6 is 0 Å². The van der Waals surface area contributed by atoms with Crippen molar-refractivity contribution in [2.24, 2.45) is 5.92 Å². The van der Waals surface area contributed by atoms with Crippen LogP contribution in [0, 0.1) is 19.8 Å². The lowest BCUT2D eigenvalue weighted by Gasteiger charge is -2.32. The van der Waals surface area contributed by atoms with Gasteiger partial charge in [-0.15, -0.1) is 0 Å². The van der Waals surface area contributed by atoms with Gasteiger partial charge in [-0.3, -0.25) is 19.3 Å². The second kappa shape index (κ2) is 7.29. The molecule has 7 nitrogen and oxygen atoms in total. The van der Waals surface area contributed by atoms with E-state index < -0.39 is 0 Å². The number of aromatic nitrogens is 4. The minimum Gasteiger partial charge on any atom is -0.339 e. The largest absolute Gasteiger partial charge is 0.339 e. The predicted molar refractivity (Wildman–Crippen MR) is 104 cm³/mol. The van der Waals surface area contributed by atoms with Crippen LogP contribution in [0.2, 0.25) is 0 Å². The normalized spacial score (nSPS) is 16.0. The van der Waals surface area contributed by atoms with Crippen LogP contribution in [-0.2, 0) is 12.0 Å². The molecule has 0 aliphatic carbocycles. The molecule has 1 N–H and O–H groups in total. The van der Waals surface area contributed by atoms with E-state index in [1.54, 1.807) is 17.0 Å². The number of carbonyl (C=O) groups is 1. The average molecular weight is 371 g/mol. The van der Waals surface area contributed by atoms with E-state index in [1.807, 2.05) is 18.7 Å². The smallest absolute Gasteiger partial charge is 0.257 e. The van der Waals surface area contributed by atoms with Crippen LogP contribution in [0.4, 0.5) is 0 Å². The molecule has 0 unspecified atom stereocenters. The molecule has 0 bridgehead atoms. The lowest BCUT2D eigenvalue weighted by molar-refractivity contribution is 0.0681. The Labute approximate surface area is 159 Å². The fourth-order valence-electron chi connectivity index (χ4n) is 3.59. The van der Waals surface area contributed by atoms with Gasteiger partial charge in [0.2, 0.25) is 0 Å². The third-order valence-electron chi connectivity index (χ3n) is 5.35. The first-order valence-electron chi connectivity index (χ1n) is 9.54. The fourth-order valence-corrected chi connectivity index (χ4v) is 3.59. The minimum absolute atomic E-state index is 0.00178. The van der Waals surface area contributed by atoms with Crippen molar-refractivity contribution in [3.8, 4) is 0 Å². The van der Waals surface area contributed by atoms with Crippen molar-refractivity contribution >= 4 is 5.91 Å². The van der Waals surface area contributed by atoms with Crippen molar-refractivity contribution in [3.63, 3.8) is 0 Å². The van der Waals surface area contributed by atoms with Crippen molar-refractivity contribution in [3.05, 3.63) is 45.4 Å². The zero-order valence-corrected chi connectivity index (χ0v) is 16.9. The first-order valence-corrected chi connectivity index (χ1v) is 9.54. The summed E-state index contributed by atoms with van der Waals surface area (Å²) >= 11 is 0. The third-order valence-corrected chi connectivity index (χ3v) is 5.35. The highest BCUT2D eigenvalue weighted by molar-refractivity contribution is 5.96. The number of piperidine rings is 1. The summed E-state index contributed by atoms with van der Waals surface area (Å²) in [5, 5.41) is 7.00. The summed E-state index contributed by atoms with van der Waals surface area (Å²) in [5.74, 6) is 0.422. The monoisotopic (exact) mass is 371 g/mol. The topological polar surface area (TPSA) is 83.9 Å². The number of hydrogen-bond acceptors (Lipinski definition) is 4. The number of H-pyrrole nitrogens is 1. The van der Waals surface area contributed by atoms with Gasteiger partial charge >= 0.3 is 0 Å². The van der Waals surface area contributed by atoms with Crippen LogP contribution in [-0.4, -0.2) is 43.6 Å². The Kier molecular flexibility index (Phi) is 5.22. The number of hydrogen-bond donors (Lipinski definition) is 1. The van der Waals surface area contributed by atoms with Crippen LogP contribution in [0.5, 0.6) is 0 Å². The van der Waals surface area contributed by atoms with Crippen LogP contribution in [0.3, 0.4) is 0 Å². The molecule has 7 heteroatoms. The van der Waals surface area contributed by atoms with Gasteiger partial charge in [0, 0.05) is 36.8 Å². The number of likely N-dealkylation sites (tertiary alicyclic amines) is 1. The second-order valence-electron chi connectivity index (χ2n) is 8.56. The van der Waals surface area contributed by atoms with Crippen LogP contribution in [0.25, 0.3) is 0 Å². The summed E-state index contributed by atoms with van der Waals surface area (Å²) < 4.78 is 1.70. The molecule has 146 valence electrons. The maximum absolute atomic E-state index is 12.8. The van der Waals surface area contributed by atoms with E-state index in [-0.39, 0.29) is 16.9 Å². The number of aryl methyl sites for hydroxylation is 2. The highest BCUT2D eigenvalue weighted by atomic mass is 16.2. The van der Waals surface area contributed by atoms with Gasteiger partial charge in [-0.2, -0.15) is 5.10 Å². The first kappa shape index (κ1) is 19.3. The second-order valence-corrected chi connectivity index (χ2v) is 8.56. The average Bonchev–Trinajstić information content (AvgIpc) is 2.94. The predicted octanol–water partition coefficient (Wildman–Crippen LogP) is 2.43. The molecule has 0 aromatic carbocycles. The molecule has 0 radical (unpaired) electrons. The van der Waals surface area contributed by atoms with Gasteiger partial charge in [-0.05, 0) is 32.6 Å². The van der Waals surface area contributed by atoms with E-state index in [9.17, 15) is 9.59 Å². The number of nitrogens with zero attached hydrogens (tertiary/aromatic N) is 4. The van der Waals surface area contributed by atoms with Gasteiger partial charge in [-0.25, -0.2) is 4.98 Å². The van der Waals surface area contributed by atoms with Gasteiger partial charge in [0.1, 0.15) is 0 Å². The standard InChI is InChI=1S/C20H29N5O2/c1-13-18(14(2)23-22-13)19(27)24-8-6-15(7-9-24)11-25-12-21-16(10-17(25)26)20(3,4)5/h10,12,15H,6-9,11H2,1-5H3,(H,22,23). The number of aromatic amines is 1. The van der Waals surface area contributed by atoms with Crippen LogP contribution in [0.15, 0.2) is 17.2 Å². The third kappa shape index (κ3) is 4.12. The Hall–Kier alpha value is -2.44. The summed E-state index contributed by atoms with van der Waals surface area (Å²) in [6, 6.07) is 1.64. The van der Waals surface area contributed by atoms with E-state index in [2.05, 4.69) is 36.0 Å². The summed E-state index contributed by atoms with van der Waals surface area (Å²) in [6.07, 6.45) is 3.43. The summed E-state index contributed by atoms with van der Waals surface area (Å²) in [6.45, 7) is 11.9. The molecule has 1 amide bonds. The van der Waals surface area contributed by atoms with Gasteiger partial charge in [0.15, 0.2) is 0 Å². The molecule has 2 aromatic rings. The number of rotatable bonds is 3. The van der Waals surface area contributed by atoms with E-state index in [4.69, 9.17) is 0 Å². The SMILES string of the molecule is Cc1n[nH]c(C)c1C(=O)N1CCC(Cn2cnc(C(C)(C)C)cc2=O)CC1. The lowest BCUT2D eigenvalue weighted by atomic mass is 9.92. The molecule has 0 atom stereocenters. The molecule has 3 heterocycles. The van der Waals surface area contributed by atoms with Crippen molar-refractivity contribution in [2.75, 3.05) is 13.1 Å². The van der Waals surface area contributed by atoms with Crippen molar-refractivity contribution in [2.45, 2.75) is 59.4 Å². The quantitative estimate of drug-likeness (QED) is 0.898. The maximum atomic E-state index is 12.8. The highest BCUT2D eigenvalue weighted by Gasteiger charge is 2.27. The molecule has 0 saturated carbocycles. The maximum Gasteiger partial charge on any atom is 0.257 e. The summed E-state index contributed by atoms with van der Waals surface area (Å²) in [5.41, 5.74) is 2.93. The molecule has 1 fully saturated rings. The molecular weight excluding hydrogens is 342 g/mol. The van der Waals surface area contributed by atoms with Crippen LogP contribution in [0.1, 0.15) is 61.1 Å². The fraction of sp³-hybridized carbons (Fsp3) is 0.600. The molecular formula is C20H29N5O2. The summed E-state index contributed by atoms with van der Waals surface area (Å²) in [7, 11) is 0. The zero-order valence-electron chi connectivity index (χ0n) is 16.9. The Bertz CT molecular complexity index is 863. The first-order chi connectivity index (χ1) is 12.7. The van der Waals surface area contributed by atoms with Gasteiger partial charge < -0.3 is 4.90 Å². The molecule has 1 aliphatic heterocycles. The molecule has 2 aromatic heterocycles. The highest BCUT2D eigenvalue weighted by Crippen LogP contribution is 2.22. The van der Waals surface area contributed by atoms with Gasteiger partial charge in [0.05, 0.1) is 23.3 Å². The Morgan fingerprint density at radius 3 is 2.44 bits per heavy atom.